The molecule has 0 saturated carbocycles. The van der Waals surface area contributed by atoms with E-state index in [-0.39, 0.29) is 17.7 Å². The second-order valence-corrected chi connectivity index (χ2v) is 4.67. The SMILES string of the molecule is O=C1NC(=O)c2ccccc21.O=C1NCc2ccccc21. The molecule has 5 nitrogen and oxygen atoms in total. The predicted molar refractivity (Wildman–Crippen MR) is 75.9 cm³/mol. The van der Waals surface area contributed by atoms with Crippen LogP contribution in [-0.2, 0) is 6.54 Å². The zero-order chi connectivity index (χ0) is 14.8. The molecule has 0 unspecified atom stereocenters. The zero-order valence-corrected chi connectivity index (χ0v) is 11.1. The molecule has 0 spiro atoms. The molecule has 2 aromatic carbocycles. The molecule has 2 heterocycles. The molecule has 4 rings (SSSR count). The van der Waals surface area contributed by atoms with Crippen LogP contribution in [0.15, 0.2) is 48.5 Å². The number of benzene rings is 2. The summed E-state index contributed by atoms with van der Waals surface area (Å²) in [5.74, 6) is -0.549. The number of carbonyl (C=O) groups excluding carboxylic acids is 3. The van der Waals surface area contributed by atoms with Crippen molar-refractivity contribution in [3.63, 3.8) is 0 Å². The first-order valence-electron chi connectivity index (χ1n) is 6.47. The highest BCUT2D eigenvalue weighted by Gasteiger charge is 2.25. The van der Waals surface area contributed by atoms with Crippen LogP contribution in [0.2, 0.25) is 0 Å². The van der Waals surface area contributed by atoms with Crippen molar-refractivity contribution in [1.29, 1.82) is 0 Å². The van der Waals surface area contributed by atoms with Crippen LogP contribution in [0.25, 0.3) is 0 Å². The molecule has 0 aromatic heterocycles. The number of hydrogen-bond donors (Lipinski definition) is 2. The second kappa shape index (κ2) is 5.20. The minimum absolute atomic E-state index is 0.0515. The summed E-state index contributed by atoms with van der Waals surface area (Å²) in [4.78, 5) is 32.8. The molecule has 3 amide bonds. The van der Waals surface area contributed by atoms with Gasteiger partial charge < -0.3 is 5.32 Å². The fourth-order valence-electron chi connectivity index (χ4n) is 2.28. The van der Waals surface area contributed by atoms with E-state index in [2.05, 4.69) is 10.6 Å². The molecule has 2 aromatic rings. The lowest BCUT2D eigenvalue weighted by Gasteiger charge is -1.89. The van der Waals surface area contributed by atoms with Crippen molar-refractivity contribution < 1.29 is 14.4 Å². The van der Waals surface area contributed by atoms with Crippen molar-refractivity contribution in [1.82, 2.24) is 10.6 Å². The summed E-state index contributed by atoms with van der Waals surface area (Å²) < 4.78 is 0. The van der Waals surface area contributed by atoms with Gasteiger partial charge >= 0.3 is 0 Å². The molecule has 2 N–H and O–H groups in total. The van der Waals surface area contributed by atoms with Gasteiger partial charge in [-0.2, -0.15) is 0 Å². The van der Waals surface area contributed by atoms with Gasteiger partial charge in [-0.25, -0.2) is 0 Å². The maximum Gasteiger partial charge on any atom is 0.258 e. The Bertz CT molecular complexity index is 720. The van der Waals surface area contributed by atoms with Gasteiger partial charge in [0.1, 0.15) is 0 Å². The summed E-state index contributed by atoms with van der Waals surface area (Å²) in [5, 5.41) is 4.95. The molecule has 0 bridgehead atoms. The molecule has 2 aliphatic rings. The van der Waals surface area contributed by atoms with Crippen LogP contribution in [0, 0.1) is 0 Å². The average molecular weight is 280 g/mol. The van der Waals surface area contributed by atoms with Crippen LogP contribution in [0.5, 0.6) is 0 Å². The third kappa shape index (κ3) is 2.41. The molecule has 0 atom stereocenters. The minimum atomic E-state index is -0.300. The van der Waals surface area contributed by atoms with Gasteiger partial charge in [0.05, 0.1) is 11.1 Å². The number of fused-ring (bicyclic) bond motifs is 2. The van der Waals surface area contributed by atoms with Crippen LogP contribution in [0.1, 0.15) is 36.6 Å². The lowest BCUT2D eigenvalue weighted by molar-refractivity contribution is 0.0878. The standard InChI is InChI=1S/C8H5NO2.C8H7NO/c10-7-5-3-1-2-4-6(5)8(11)9-7;10-8-7-4-2-1-3-6(7)5-9-8/h1-4H,(H,9,10,11);1-4H,5H2,(H,9,10). The van der Waals surface area contributed by atoms with Crippen molar-refractivity contribution in [2.75, 3.05) is 0 Å². The zero-order valence-electron chi connectivity index (χ0n) is 11.1. The summed E-state index contributed by atoms with van der Waals surface area (Å²) in [6, 6.07) is 14.4. The van der Waals surface area contributed by atoms with Gasteiger partial charge in [-0.05, 0) is 23.8 Å². The Labute approximate surface area is 121 Å². The lowest BCUT2D eigenvalue weighted by Crippen LogP contribution is -2.19. The smallest absolute Gasteiger partial charge is 0.258 e. The topological polar surface area (TPSA) is 75.3 Å². The van der Waals surface area contributed by atoms with Gasteiger partial charge in [-0.15, -0.1) is 0 Å². The number of carbonyl (C=O) groups is 3. The highest BCUT2D eigenvalue weighted by atomic mass is 16.2. The fraction of sp³-hybridized carbons (Fsp3) is 0.0625. The molecule has 0 saturated heterocycles. The van der Waals surface area contributed by atoms with Gasteiger partial charge in [-0.1, -0.05) is 30.3 Å². The Balaban J connectivity index is 0.000000126. The molecular formula is C16H12N2O3. The van der Waals surface area contributed by atoms with Gasteiger partial charge in [0.15, 0.2) is 0 Å². The maximum absolute atomic E-state index is 11.0. The van der Waals surface area contributed by atoms with Crippen LogP contribution < -0.4 is 10.6 Å². The first-order chi connectivity index (χ1) is 10.2. The van der Waals surface area contributed by atoms with E-state index in [1.807, 2.05) is 24.3 Å². The van der Waals surface area contributed by atoms with E-state index < -0.39 is 0 Å². The summed E-state index contributed by atoms with van der Waals surface area (Å²) in [6.07, 6.45) is 0. The van der Waals surface area contributed by atoms with Crippen LogP contribution in [0.3, 0.4) is 0 Å². The number of imide groups is 1. The van der Waals surface area contributed by atoms with Gasteiger partial charge in [0.25, 0.3) is 17.7 Å². The Morgan fingerprint density at radius 3 is 1.76 bits per heavy atom. The molecule has 2 aliphatic heterocycles. The van der Waals surface area contributed by atoms with E-state index >= 15 is 0 Å². The third-order valence-corrected chi connectivity index (χ3v) is 3.34. The molecule has 0 aliphatic carbocycles. The molecular weight excluding hydrogens is 268 g/mol. The normalized spacial score (nSPS) is 14.6. The van der Waals surface area contributed by atoms with Crippen molar-refractivity contribution in [2.24, 2.45) is 0 Å². The first kappa shape index (κ1) is 13.1. The van der Waals surface area contributed by atoms with Crippen LogP contribution in [-0.4, -0.2) is 17.7 Å². The highest BCUT2D eigenvalue weighted by Crippen LogP contribution is 2.14. The molecule has 0 fully saturated rings. The largest absolute Gasteiger partial charge is 0.348 e. The van der Waals surface area contributed by atoms with E-state index in [0.29, 0.717) is 17.7 Å². The predicted octanol–water partition coefficient (Wildman–Crippen LogP) is 1.50. The van der Waals surface area contributed by atoms with Gasteiger partial charge in [-0.3, -0.25) is 19.7 Å². The molecule has 104 valence electrons. The Morgan fingerprint density at radius 2 is 1.19 bits per heavy atom. The highest BCUT2D eigenvalue weighted by molar-refractivity contribution is 6.21. The summed E-state index contributed by atoms with van der Waals surface area (Å²) in [7, 11) is 0. The van der Waals surface area contributed by atoms with Gasteiger partial charge in [0.2, 0.25) is 0 Å². The Morgan fingerprint density at radius 1 is 0.667 bits per heavy atom. The fourth-order valence-corrected chi connectivity index (χ4v) is 2.28. The lowest BCUT2D eigenvalue weighted by atomic mass is 10.1. The number of rotatable bonds is 0. The van der Waals surface area contributed by atoms with Gasteiger partial charge in [0, 0.05) is 12.1 Å². The van der Waals surface area contributed by atoms with Crippen molar-refractivity contribution >= 4 is 17.7 Å². The first-order valence-corrected chi connectivity index (χ1v) is 6.47. The second-order valence-electron chi connectivity index (χ2n) is 4.67. The molecule has 21 heavy (non-hydrogen) atoms. The van der Waals surface area contributed by atoms with Crippen molar-refractivity contribution in [3.8, 4) is 0 Å². The van der Waals surface area contributed by atoms with Crippen molar-refractivity contribution in [3.05, 3.63) is 70.8 Å². The summed E-state index contributed by atoms with van der Waals surface area (Å²) in [6.45, 7) is 0.689. The van der Waals surface area contributed by atoms with E-state index in [9.17, 15) is 14.4 Å². The summed E-state index contributed by atoms with van der Waals surface area (Å²) in [5.41, 5.74) is 2.87. The van der Waals surface area contributed by atoms with E-state index in [0.717, 1.165) is 11.1 Å². The van der Waals surface area contributed by atoms with Crippen LogP contribution >= 0.6 is 0 Å². The molecule has 0 radical (unpaired) electrons. The number of amides is 3. The summed E-state index contributed by atoms with van der Waals surface area (Å²) >= 11 is 0. The van der Waals surface area contributed by atoms with E-state index in [4.69, 9.17) is 0 Å². The third-order valence-electron chi connectivity index (χ3n) is 3.34. The monoisotopic (exact) mass is 280 g/mol. The number of hydrogen-bond acceptors (Lipinski definition) is 3. The Kier molecular flexibility index (Phi) is 3.23. The average Bonchev–Trinajstić information content (AvgIpc) is 3.02. The minimum Gasteiger partial charge on any atom is -0.348 e. The quantitative estimate of drug-likeness (QED) is 0.718. The maximum atomic E-state index is 11.0. The van der Waals surface area contributed by atoms with Crippen LogP contribution in [0.4, 0.5) is 0 Å². The molecule has 5 heteroatoms. The van der Waals surface area contributed by atoms with Crippen molar-refractivity contribution in [2.45, 2.75) is 6.54 Å². The number of nitrogens with one attached hydrogen (secondary N) is 2. The van der Waals surface area contributed by atoms with E-state index in [1.165, 1.54) is 0 Å². The van der Waals surface area contributed by atoms with E-state index in [1.54, 1.807) is 24.3 Å². The Hall–Kier alpha value is -2.95.